The number of hydrogen-bond donors (Lipinski definition) is 0. The molecule has 2 heterocycles. The lowest BCUT2D eigenvalue weighted by Crippen LogP contribution is -3.00. The summed E-state index contributed by atoms with van der Waals surface area (Å²) in [5.41, 5.74) is 5.41. The Morgan fingerprint density at radius 2 is 1.08 bits per heavy atom. The Kier molecular flexibility index (Phi) is 31.5. The van der Waals surface area contributed by atoms with Crippen molar-refractivity contribution in [2.24, 2.45) is 10.8 Å². The Labute approximate surface area is 504 Å². The first kappa shape index (κ1) is 72.2. The van der Waals surface area contributed by atoms with Crippen molar-refractivity contribution in [3.8, 4) is 0 Å². The van der Waals surface area contributed by atoms with Crippen LogP contribution in [0.1, 0.15) is 121 Å². The molecule has 2 aromatic carbocycles. The summed E-state index contributed by atoms with van der Waals surface area (Å²) in [7, 11) is 7.99. The molecular weight excluding hydrogens is 1200 g/mol. The molecule has 2 fully saturated rings. The van der Waals surface area contributed by atoms with E-state index in [9.17, 15) is 28.8 Å². The second-order valence-electron chi connectivity index (χ2n) is 20.7. The summed E-state index contributed by atoms with van der Waals surface area (Å²) >= 11 is 17.5. The van der Waals surface area contributed by atoms with Gasteiger partial charge >= 0.3 is 23.9 Å². The zero-order chi connectivity index (χ0) is 57.7. The van der Waals surface area contributed by atoms with Crippen molar-refractivity contribution in [2.75, 3.05) is 45.0 Å². The molecular formula is C62H81Br2Cl3N2O10. The zero-order valence-electron chi connectivity index (χ0n) is 46.6. The molecule has 2 aliphatic carbocycles. The summed E-state index contributed by atoms with van der Waals surface area (Å²) in [6.45, 7) is 20.2. The van der Waals surface area contributed by atoms with Gasteiger partial charge in [-0.25, -0.2) is 9.59 Å². The lowest BCUT2D eigenvalue weighted by Gasteiger charge is -2.34. The van der Waals surface area contributed by atoms with Gasteiger partial charge in [-0.1, -0.05) is 105 Å². The largest absolute Gasteiger partial charge is 1.00 e. The minimum Gasteiger partial charge on any atom is -1.00 e. The van der Waals surface area contributed by atoms with Crippen LogP contribution in [0.25, 0.3) is 0 Å². The van der Waals surface area contributed by atoms with Crippen LogP contribution in [0.4, 0.5) is 11.4 Å². The normalized spacial score (nSPS) is 22.0. The summed E-state index contributed by atoms with van der Waals surface area (Å²) in [5, 5.41) is 0.896. The van der Waals surface area contributed by atoms with Gasteiger partial charge in [0.25, 0.3) is 0 Å². The van der Waals surface area contributed by atoms with Crippen molar-refractivity contribution in [1.82, 2.24) is 4.48 Å². The maximum absolute atomic E-state index is 13.0. The van der Waals surface area contributed by atoms with Crippen molar-refractivity contribution in [3.05, 3.63) is 156 Å². The number of carbonyl (C=O) groups excluding carboxylic acids is 6. The van der Waals surface area contributed by atoms with E-state index in [2.05, 4.69) is 83.0 Å². The van der Waals surface area contributed by atoms with Crippen LogP contribution in [-0.4, -0.2) is 104 Å². The smallest absolute Gasteiger partial charge is 0.338 e. The molecule has 2 spiro atoms. The van der Waals surface area contributed by atoms with Crippen LogP contribution in [0.3, 0.4) is 0 Å². The van der Waals surface area contributed by atoms with Crippen LogP contribution >= 0.6 is 50.7 Å². The minimum absolute atomic E-state index is 0. The molecule has 17 heteroatoms. The molecule has 0 saturated carbocycles. The van der Waals surface area contributed by atoms with Crippen LogP contribution in [0.5, 0.6) is 0 Å². The van der Waals surface area contributed by atoms with Gasteiger partial charge in [-0.15, -0.1) is 6.58 Å². The van der Waals surface area contributed by atoms with Gasteiger partial charge in [-0.2, -0.15) is 0 Å². The molecule has 12 nitrogen and oxygen atoms in total. The highest BCUT2D eigenvalue weighted by Gasteiger charge is 2.56. The molecule has 2 unspecified atom stereocenters. The lowest BCUT2D eigenvalue weighted by atomic mass is 9.69. The number of ether oxygens (including phenoxy) is 4. The van der Waals surface area contributed by atoms with Gasteiger partial charge in [0.05, 0.1) is 48.9 Å². The summed E-state index contributed by atoms with van der Waals surface area (Å²) in [5.74, 6) is -2.06. The second kappa shape index (κ2) is 34.5. The van der Waals surface area contributed by atoms with E-state index in [-0.39, 0.29) is 61.7 Å². The van der Waals surface area contributed by atoms with E-state index in [0.29, 0.717) is 15.6 Å². The molecule has 434 valence electrons. The molecule has 0 radical (unpaired) electrons. The molecule has 6 atom stereocenters. The van der Waals surface area contributed by atoms with Gasteiger partial charge in [0.1, 0.15) is 36.6 Å². The number of anilines is 1. The molecule has 4 aliphatic rings. The number of quaternary nitrogens is 1. The van der Waals surface area contributed by atoms with E-state index < -0.39 is 63.4 Å². The highest BCUT2D eigenvalue weighted by Crippen LogP contribution is 2.47. The molecule has 0 aromatic heterocycles. The fourth-order valence-corrected chi connectivity index (χ4v) is 9.06. The third-order valence-corrected chi connectivity index (χ3v) is 13.7. The van der Waals surface area contributed by atoms with Gasteiger partial charge in [0, 0.05) is 38.0 Å². The Morgan fingerprint density at radius 1 is 0.709 bits per heavy atom. The fourth-order valence-electron chi connectivity index (χ4n) is 9.06. The first-order valence-electron chi connectivity index (χ1n) is 25.5. The van der Waals surface area contributed by atoms with Crippen molar-refractivity contribution < 1.29 is 64.7 Å². The number of ketones is 2. The third-order valence-electron chi connectivity index (χ3n) is 13.2. The van der Waals surface area contributed by atoms with Gasteiger partial charge in [-0.05, 0) is 158 Å². The van der Waals surface area contributed by atoms with Crippen molar-refractivity contribution >= 4 is 97.6 Å². The molecule has 2 saturated heterocycles. The highest BCUT2D eigenvalue weighted by atomic mass is 79.9. The van der Waals surface area contributed by atoms with E-state index >= 15 is 0 Å². The number of cyclic esters (lactones) is 2. The Balaban J connectivity index is 0.000000681. The number of esters is 4. The number of allylic oxidation sites excluding steroid dienone is 9. The quantitative estimate of drug-likeness (QED) is 0.0491. The third kappa shape index (κ3) is 22.6. The number of nitrogens with zero attached hydrogens (tertiary/aromatic N) is 2. The average Bonchev–Trinajstić information content (AvgIpc) is 3.85. The first-order valence-corrected chi connectivity index (χ1v) is 27.9. The number of hydrogen-bond acceptors (Lipinski definition) is 11. The number of alkyl halides is 4. The molecule has 6 rings (SSSR count). The first-order chi connectivity index (χ1) is 36.2. The number of carbonyl (C=O) groups is 6. The Hall–Kier alpha value is -4.83. The van der Waals surface area contributed by atoms with Gasteiger partial charge in [0.15, 0.2) is 15.9 Å². The predicted octanol–water partition coefficient (Wildman–Crippen LogP) is 11.5. The van der Waals surface area contributed by atoms with Crippen LogP contribution < -0.4 is 26.4 Å². The SMILES string of the molecule is C.C=CCBr.C=CC[N+](C)(C)c1ccc(C(=O)O[C@@H]2C=CC(=O)C3(CC(=O)O[C@@H]3/C=C(\C)CCC=C(C)C)C2)cc1.CC(C)=CCC/C(C)=C/[C@H]1OC(=O)CC12C[C@H](OC(=O)c1ccc(N(C)C)cc1)C=CC2=O.ClC(Cl)Cl.[Br-]. The standard InChI is InChI=1S/C30H38NO5.C27H33NO5.C3H5Br.CHCl3.CH4.BrH/c1-7-17-31(5,6)24-13-11-23(12-14-24)29(34)35-25-15-16-26(32)30(19-25)20-28(33)36-27(30)18-22(4)10-8-9-21(2)3;1-18(2)7-6-8-19(3)15-24-27(17-25(30)33-24)16-22(13-14-23(27)29)32-26(31)20-9-11-21(12-10-20)28(4)5;1-2-3-4;2-1(3)4;;/h7,9,11-16,18,25,27H,1,8,10,17,19-20H2,2-6H3;7,9-15,22,24H,6,8,16-17H2,1-5H3;2H,1,3H2;1H;1H4;1H/q+1;;;;;/p-1/b22-18+;19-15+;;;;/t25-,27-,30?;22-,24-,27?;;;;/m11..../s1. The van der Waals surface area contributed by atoms with Gasteiger partial charge in [-0.3, -0.25) is 23.7 Å². The fraction of sp³-hybridized carbons (Fsp3) is 0.452. The molecule has 0 N–H and O–H groups in total. The number of rotatable bonds is 17. The minimum atomic E-state index is -1.05. The molecule has 0 amide bonds. The van der Waals surface area contributed by atoms with Crippen LogP contribution in [-0.2, 0) is 38.1 Å². The predicted molar refractivity (Wildman–Crippen MR) is 323 cm³/mol. The Morgan fingerprint density at radius 3 is 1.41 bits per heavy atom. The van der Waals surface area contributed by atoms with E-state index in [1.807, 2.05) is 75.3 Å². The van der Waals surface area contributed by atoms with Gasteiger partial charge in [0.2, 0.25) is 0 Å². The second-order valence-corrected chi connectivity index (χ2v) is 23.4. The topological polar surface area (TPSA) is 143 Å². The average molecular weight is 1280 g/mol. The van der Waals surface area contributed by atoms with Gasteiger partial charge < -0.3 is 40.8 Å². The van der Waals surface area contributed by atoms with E-state index in [4.69, 9.17) is 53.8 Å². The van der Waals surface area contributed by atoms with Crippen molar-refractivity contribution in [1.29, 1.82) is 0 Å². The number of benzene rings is 2. The van der Waals surface area contributed by atoms with E-state index in [0.717, 1.165) is 60.1 Å². The highest BCUT2D eigenvalue weighted by molar-refractivity contribution is 9.09. The molecule has 2 aromatic rings. The lowest BCUT2D eigenvalue weighted by molar-refractivity contribution is -0.141. The summed E-state index contributed by atoms with van der Waals surface area (Å²) in [4.78, 5) is 78.1. The van der Waals surface area contributed by atoms with E-state index in [1.165, 1.54) is 23.3 Å². The zero-order valence-corrected chi connectivity index (χ0v) is 52.1. The van der Waals surface area contributed by atoms with Crippen molar-refractivity contribution in [3.63, 3.8) is 0 Å². The van der Waals surface area contributed by atoms with Crippen LogP contribution in [0, 0.1) is 10.8 Å². The Bertz CT molecular complexity index is 2590. The number of likely N-dealkylation sites (N-methyl/N-ethyl adjacent to an activating group) is 1. The summed E-state index contributed by atoms with van der Waals surface area (Å²) < 4.78 is 22.5. The summed E-state index contributed by atoms with van der Waals surface area (Å²) in [6, 6.07) is 14.4. The molecule has 79 heavy (non-hydrogen) atoms. The number of halogens is 5. The molecule has 2 aliphatic heterocycles. The van der Waals surface area contributed by atoms with Crippen LogP contribution in [0.15, 0.2) is 145 Å². The maximum Gasteiger partial charge on any atom is 0.338 e. The summed E-state index contributed by atoms with van der Waals surface area (Å²) in [6.07, 6.45) is 19.1. The van der Waals surface area contributed by atoms with Crippen LogP contribution in [0.2, 0.25) is 0 Å². The monoisotopic (exact) mass is 1280 g/mol. The molecule has 0 bridgehead atoms. The van der Waals surface area contributed by atoms with Crippen molar-refractivity contribution in [2.45, 2.75) is 129 Å². The maximum atomic E-state index is 13.0. The van der Waals surface area contributed by atoms with E-state index in [1.54, 1.807) is 42.5 Å².